The number of anilines is 5. The molecular weight excluding hydrogens is 1060 g/mol. The minimum Gasteiger partial charge on any atom is -0.491 e. The molecule has 8 N–H and O–H groups in total. The molecule has 2 fully saturated rings. The fourth-order valence-electron chi connectivity index (χ4n) is 12.2. The van der Waals surface area contributed by atoms with Crippen molar-refractivity contribution >= 4 is 56.7 Å². The van der Waals surface area contributed by atoms with Crippen LogP contribution in [0.2, 0.25) is 0 Å². The van der Waals surface area contributed by atoms with E-state index in [4.69, 9.17) is 51.1 Å². The van der Waals surface area contributed by atoms with E-state index < -0.39 is 0 Å². The molecule has 8 heterocycles. The Kier molecular flexibility index (Phi) is 15.8. The predicted octanol–water partition coefficient (Wildman–Crippen LogP) is 10.1. The summed E-state index contributed by atoms with van der Waals surface area (Å²) in [5.41, 5.74) is 25.4. The van der Waals surface area contributed by atoms with Crippen LogP contribution >= 0.6 is 0 Å². The summed E-state index contributed by atoms with van der Waals surface area (Å²) in [7, 11) is 0. The Labute approximate surface area is 496 Å². The Morgan fingerprint density at radius 1 is 0.729 bits per heavy atom. The van der Waals surface area contributed by atoms with Crippen molar-refractivity contribution in [1.82, 2.24) is 39.9 Å². The average molecular weight is 1140 g/mol. The molecule has 4 aliphatic rings. The van der Waals surface area contributed by atoms with Gasteiger partial charge in [0.2, 0.25) is 5.71 Å². The number of hydrogen-bond donors (Lipinski definition) is 5. The molecule has 85 heavy (non-hydrogen) atoms. The van der Waals surface area contributed by atoms with Gasteiger partial charge in [0.1, 0.15) is 47.4 Å². The molecule has 8 aromatic rings. The van der Waals surface area contributed by atoms with Crippen molar-refractivity contribution in [1.29, 1.82) is 5.41 Å². The fraction of sp³-hybridized carbons (Fsp3) is 0.328. The van der Waals surface area contributed by atoms with Crippen molar-refractivity contribution in [2.75, 3.05) is 65.4 Å². The van der Waals surface area contributed by atoms with Crippen LogP contribution in [0.1, 0.15) is 119 Å². The number of fused-ring (bicyclic) bond motifs is 2. The molecule has 0 amide bonds. The predicted molar refractivity (Wildman–Crippen MR) is 338 cm³/mol. The molecule has 434 valence electrons. The second-order valence-electron chi connectivity index (χ2n) is 23.4. The summed E-state index contributed by atoms with van der Waals surface area (Å²) in [6.45, 7) is 16.8. The lowest BCUT2D eigenvalue weighted by Gasteiger charge is -2.34. The van der Waals surface area contributed by atoms with Crippen LogP contribution in [-0.4, -0.2) is 109 Å². The first kappa shape index (κ1) is 56.1. The maximum Gasteiger partial charge on any atom is 0.213 e. The van der Waals surface area contributed by atoms with Gasteiger partial charge in [0.05, 0.1) is 81.7 Å². The van der Waals surface area contributed by atoms with Crippen molar-refractivity contribution in [3.63, 3.8) is 0 Å². The van der Waals surface area contributed by atoms with E-state index in [1.54, 1.807) is 18.9 Å². The van der Waals surface area contributed by atoms with E-state index in [9.17, 15) is 5.41 Å². The lowest BCUT2D eigenvalue weighted by atomic mass is 9.86. The van der Waals surface area contributed by atoms with Gasteiger partial charge in [-0.05, 0) is 152 Å². The highest BCUT2D eigenvalue weighted by atomic mass is 16.5. The third-order valence-electron chi connectivity index (χ3n) is 16.3. The third-order valence-corrected chi connectivity index (χ3v) is 16.3. The molecule has 18 heteroatoms. The number of benzene rings is 3. The standard InChI is InChI=1S/C67H74N15O3/c1-40(2)83-51-13-14-59(68)56(31-51)63(69)45-15-21-74-61(29-45)81-24-8-10-49(37-81)55-33-53(85-42(5)6)35-58-66(77-78-67(55)58)47-17-22-75-62(30-47)80-23-7-9-43-27-44(11-12-48(43)36-80)54-32-52(84-41(3)4)34-57(65(54)71)64(70)46-16-20-73-60(28-46)79-25-18-50(19-26-79)82-39-72-38-76-82/h9,11-17,20-22,27-35,38-42,49-50,69-70H,7-8,10,18-19,23-26,36-37,68,71H2,1-6H3,(H,77,78)/q+1/p+1. The Morgan fingerprint density at radius 2 is 1.42 bits per heavy atom. The van der Waals surface area contributed by atoms with E-state index in [0.29, 0.717) is 46.7 Å². The highest BCUT2D eigenvalue weighted by molar-refractivity contribution is 6.16. The zero-order valence-corrected chi connectivity index (χ0v) is 49.3. The van der Waals surface area contributed by atoms with Crippen LogP contribution in [0.3, 0.4) is 0 Å². The number of nitrogens with two attached hydrogens (primary N) is 3. The summed E-state index contributed by atoms with van der Waals surface area (Å²) in [5.74, 6) is 6.07. The van der Waals surface area contributed by atoms with Crippen molar-refractivity contribution in [2.45, 2.75) is 104 Å². The minimum absolute atomic E-state index is 0.0178. The molecule has 18 nitrogen and oxygen atoms in total. The summed E-state index contributed by atoms with van der Waals surface area (Å²) >= 11 is 0. The second-order valence-corrected chi connectivity index (χ2v) is 23.4. The number of nitrogens with one attached hydrogen (secondary N) is 2. The summed E-state index contributed by atoms with van der Waals surface area (Å²) in [4.78, 5) is 25.7. The van der Waals surface area contributed by atoms with Gasteiger partial charge < -0.3 is 40.4 Å². The summed E-state index contributed by atoms with van der Waals surface area (Å²) in [6.07, 6.45) is 22.2. The quantitative estimate of drug-likeness (QED) is 0.0324. The SMILES string of the molecule is CC(C)Oc1ccc(N)c(C(=[NH2+])c2ccnc(N3CCCC(c4cc(OC(C)C)cc5c(-c6ccnc(N7CCC=C8C=C(c9cc(OC(C)C)cc(C(=N)c%10ccnc(N%11CCC(n%12cncn%12)CC%11)c%10)c9N)C=C[C+]8C7)c6)[nH]nc45)C3)c2)c1. The van der Waals surface area contributed by atoms with Crippen molar-refractivity contribution in [3.05, 3.63) is 179 Å². The zero-order chi connectivity index (χ0) is 58.9. The number of H-pyrrole nitrogens is 1. The van der Waals surface area contributed by atoms with E-state index in [1.807, 2.05) is 93.3 Å². The number of nitrogen functional groups attached to an aromatic ring is 2. The molecule has 5 aromatic heterocycles. The lowest BCUT2D eigenvalue weighted by molar-refractivity contribution is -0.111. The molecule has 1 unspecified atom stereocenters. The van der Waals surface area contributed by atoms with Crippen LogP contribution in [0, 0.1) is 11.3 Å². The monoisotopic (exact) mass is 1140 g/mol. The van der Waals surface area contributed by atoms with Crippen LogP contribution < -0.4 is 45.8 Å². The number of pyridine rings is 3. The molecule has 12 rings (SSSR count). The van der Waals surface area contributed by atoms with E-state index in [0.717, 1.165) is 155 Å². The maximum absolute atomic E-state index is 9.60. The van der Waals surface area contributed by atoms with E-state index in [1.165, 1.54) is 5.92 Å². The highest BCUT2D eigenvalue weighted by Gasteiger charge is 2.32. The molecule has 2 saturated heterocycles. The largest absolute Gasteiger partial charge is 0.491 e. The van der Waals surface area contributed by atoms with Crippen molar-refractivity contribution in [3.8, 4) is 28.5 Å². The number of nitrogens with zero attached hydrogens (tertiary/aromatic N) is 10. The van der Waals surface area contributed by atoms with Crippen molar-refractivity contribution < 1.29 is 19.6 Å². The minimum atomic E-state index is -0.0828. The smallest absolute Gasteiger partial charge is 0.213 e. The molecule has 1 atom stereocenters. The Morgan fingerprint density at radius 3 is 2.18 bits per heavy atom. The molecular formula is C67H75N15O3+2. The Balaban J connectivity index is 0.767. The molecule has 0 radical (unpaired) electrons. The topological polar surface area (TPSA) is 237 Å². The van der Waals surface area contributed by atoms with Gasteiger partial charge in [-0.3, -0.25) is 15.9 Å². The lowest BCUT2D eigenvalue weighted by Crippen LogP contribution is -2.41. The summed E-state index contributed by atoms with van der Waals surface area (Å²) < 4.78 is 20.8. The van der Waals surface area contributed by atoms with Crippen LogP contribution in [0.15, 0.2) is 140 Å². The molecule has 3 aromatic carbocycles. The molecule has 1 aliphatic carbocycles. The second kappa shape index (κ2) is 24.0. The van der Waals surface area contributed by atoms with Gasteiger partial charge in [0, 0.05) is 121 Å². The van der Waals surface area contributed by atoms with E-state index in [2.05, 4.69) is 98.4 Å². The number of allylic oxidation sites excluding steroid dienone is 3. The van der Waals surface area contributed by atoms with Gasteiger partial charge in [-0.15, -0.1) is 0 Å². The highest BCUT2D eigenvalue weighted by Crippen LogP contribution is 2.42. The Hall–Kier alpha value is -9.45. The first-order valence-corrected chi connectivity index (χ1v) is 29.7. The average Bonchev–Trinajstić information content (AvgIpc) is 3.42. The first-order chi connectivity index (χ1) is 41.2. The molecule has 3 aliphatic heterocycles. The van der Waals surface area contributed by atoms with Gasteiger partial charge in [0.15, 0.2) is 0 Å². The van der Waals surface area contributed by atoms with E-state index >= 15 is 0 Å². The van der Waals surface area contributed by atoms with Gasteiger partial charge in [-0.25, -0.2) is 24.6 Å². The van der Waals surface area contributed by atoms with Crippen LogP contribution in [0.4, 0.5) is 28.8 Å². The van der Waals surface area contributed by atoms with Gasteiger partial charge >= 0.3 is 0 Å². The number of aromatic nitrogens is 8. The maximum atomic E-state index is 9.60. The van der Waals surface area contributed by atoms with Gasteiger partial charge in [-0.2, -0.15) is 10.2 Å². The molecule has 0 saturated carbocycles. The summed E-state index contributed by atoms with van der Waals surface area (Å²) in [6, 6.07) is 26.2. The fourth-order valence-corrected chi connectivity index (χ4v) is 12.2. The van der Waals surface area contributed by atoms with Crippen LogP contribution in [0.5, 0.6) is 17.2 Å². The van der Waals surface area contributed by atoms with Crippen molar-refractivity contribution in [2.24, 2.45) is 0 Å². The Bertz CT molecular complexity index is 3870. The molecule has 0 spiro atoms. The van der Waals surface area contributed by atoms with Crippen LogP contribution in [-0.2, 0) is 0 Å². The number of rotatable bonds is 17. The van der Waals surface area contributed by atoms with Gasteiger partial charge in [0.25, 0.3) is 0 Å². The number of hydrogen-bond acceptors (Lipinski definition) is 15. The third kappa shape index (κ3) is 12.0. The first-order valence-electron chi connectivity index (χ1n) is 29.7. The summed E-state index contributed by atoms with van der Waals surface area (Å²) in [5, 5.41) is 30.4. The number of piperidine rings is 2. The van der Waals surface area contributed by atoms with Gasteiger partial charge in [-0.1, -0.05) is 0 Å². The number of aromatic amines is 1. The van der Waals surface area contributed by atoms with E-state index in [-0.39, 0.29) is 24.2 Å². The zero-order valence-electron chi connectivity index (χ0n) is 49.3. The van der Waals surface area contributed by atoms with Crippen LogP contribution in [0.25, 0.3) is 27.7 Å². The number of ether oxygens (including phenoxy) is 3. The molecule has 0 bridgehead atoms. The normalized spacial score (nSPS) is 16.6.